The van der Waals surface area contributed by atoms with Crippen LogP contribution in [-0.4, -0.2) is 52.9 Å². The van der Waals surface area contributed by atoms with E-state index < -0.39 is 5.91 Å². The largest absolute Gasteiger partial charge is 0.382 e. The molecule has 1 aliphatic heterocycles. The van der Waals surface area contributed by atoms with Gasteiger partial charge in [-0.1, -0.05) is 60.2 Å². The van der Waals surface area contributed by atoms with Crippen LogP contribution in [-0.2, 0) is 6.54 Å². The number of nitrogen functional groups attached to an aromatic ring is 1. The number of piperidine rings is 1. The van der Waals surface area contributed by atoms with Crippen LogP contribution >= 0.6 is 34.2 Å². The fourth-order valence-corrected chi connectivity index (χ4v) is 4.62. The molecule has 0 radical (unpaired) electrons. The van der Waals surface area contributed by atoms with Gasteiger partial charge in [0.1, 0.15) is 0 Å². The molecular formula is C28H36ClIN8O. The van der Waals surface area contributed by atoms with Crippen LogP contribution in [0, 0.1) is 9.49 Å². The number of hydrogen-bond acceptors (Lipinski definition) is 6. The fraction of sp³-hybridized carbons (Fsp3) is 0.357. The zero-order chi connectivity index (χ0) is 28.2. The molecule has 1 saturated heterocycles. The maximum absolute atomic E-state index is 12.7. The van der Waals surface area contributed by atoms with E-state index in [1.165, 1.54) is 5.57 Å². The standard InChI is InChI=1S/C28H36ClIN8O/c1-3-4-5-6-19(2)11-14-38-15-12-21(13-16-38)18-34-28(32)37-27(39)23-25(31)36-26(24(29)35-23)33-17-20-7-9-22(30)10-8-20/h3-10,21H,1,11-18H2,2H3,(H3,31,33,36)(H3,32,34,37,39)/b5-4-,19-6+. The van der Waals surface area contributed by atoms with Crippen molar-refractivity contribution in [3.63, 3.8) is 0 Å². The SMILES string of the molecule is C=C/C=C\C=C(/C)CCN1CCC(CN/C(N)=N/C(=O)c2nc(Cl)c(NCc3ccc(I)cc3)nc2N)CC1. The topological polar surface area (TPSA) is 135 Å². The molecule has 2 heterocycles. The zero-order valence-electron chi connectivity index (χ0n) is 22.2. The fourth-order valence-electron chi connectivity index (χ4n) is 4.07. The second-order valence-corrected chi connectivity index (χ2v) is 11.0. The summed E-state index contributed by atoms with van der Waals surface area (Å²) >= 11 is 8.51. The molecule has 1 aliphatic rings. The first kappa shape index (κ1) is 30.6. The van der Waals surface area contributed by atoms with Gasteiger partial charge in [-0.25, -0.2) is 9.97 Å². The summed E-state index contributed by atoms with van der Waals surface area (Å²) in [5, 5.41) is 6.19. The van der Waals surface area contributed by atoms with Gasteiger partial charge in [0.25, 0.3) is 0 Å². The lowest BCUT2D eigenvalue weighted by molar-refractivity contribution is 0.0998. The second-order valence-electron chi connectivity index (χ2n) is 9.43. The average Bonchev–Trinajstić information content (AvgIpc) is 2.92. The Morgan fingerprint density at radius 3 is 2.67 bits per heavy atom. The number of rotatable bonds is 11. The summed E-state index contributed by atoms with van der Waals surface area (Å²) in [5.74, 6) is 0.00270. The number of aliphatic imine (C=N–C) groups is 1. The molecule has 0 unspecified atom stereocenters. The molecule has 2 aromatic rings. The first-order valence-electron chi connectivity index (χ1n) is 12.9. The third-order valence-corrected chi connectivity index (χ3v) is 7.39. The highest BCUT2D eigenvalue weighted by atomic mass is 127. The number of carbonyl (C=O) groups excluding carboxylic acids is 1. The molecule has 1 aromatic carbocycles. The second kappa shape index (κ2) is 15.6. The van der Waals surface area contributed by atoms with Gasteiger partial charge in [0.05, 0.1) is 0 Å². The number of aromatic nitrogens is 2. The number of halogens is 2. The van der Waals surface area contributed by atoms with Gasteiger partial charge in [-0.3, -0.25) is 4.79 Å². The minimum Gasteiger partial charge on any atom is -0.382 e. The van der Waals surface area contributed by atoms with Crippen LogP contribution in [0.3, 0.4) is 0 Å². The van der Waals surface area contributed by atoms with E-state index in [0.717, 1.165) is 48.0 Å². The Hall–Kier alpha value is -2.96. The number of carbonyl (C=O) groups is 1. The Morgan fingerprint density at radius 1 is 1.26 bits per heavy atom. The van der Waals surface area contributed by atoms with E-state index in [4.69, 9.17) is 23.1 Å². The van der Waals surface area contributed by atoms with Gasteiger partial charge in [0.15, 0.2) is 28.4 Å². The molecule has 0 spiro atoms. The van der Waals surface area contributed by atoms with Gasteiger partial charge in [-0.15, -0.1) is 0 Å². The lowest BCUT2D eigenvalue weighted by Gasteiger charge is -2.32. The summed E-state index contributed by atoms with van der Waals surface area (Å²) in [6.45, 7) is 10.1. The van der Waals surface area contributed by atoms with Crippen LogP contribution < -0.4 is 22.1 Å². The van der Waals surface area contributed by atoms with Crippen molar-refractivity contribution in [2.75, 3.05) is 37.2 Å². The Morgan fingerprint density at radius 2 is 1.97 bits per heavy atom. The summed E-state index contributed by atoms with van der Waals surface area (Å²) in [6.07, 6.45) is 11.0. The van der Waals surface area contributed by atoms with Crippen molar-refractivity contribution in [3.05, 3.63) is 80.7 Å². The normalized spacial score (nSPS) is 15.5. The minimum atomic E-state index is -0.697. The van der Waals surface area contributed by atoms with Crippen molar-refractivity contribution in [1.82, 2.24) is 20.2 Å². The molecule has 0 atom stereocenters. The molecule has 0 bridgehead atoms. The smallest absolute Gasteiger partial charge is 0.302 e. The van der Waals surface area contributed by atoms with E-state index in [9.17, 15) is 4.79 Å². The van der Waals surface area contributed by atoms with Crippen LogP contribution in [0.15, 0.2) is 65.7 Å². The van der Waals surface area contributed by atoms with Gasteiger partial charge in [0.2, 0.25) is 0 Å². The van der Waals surface area contributed by atoms with E-state index >= 15 is 0 Å². The Kier molecular flexibility index (Phi) is 12.2. The molecule has 11 heteroatoms. The Labute approximate surface area is 249 Å². The number of benzene rings is 1. The number of allylic oxidation sites excluding steroid dienone is 4. The Balaban J connectivity index is 1.45. The summed E-state index contributed by atoms with van der Waals surface area (Å²) < 4.78 is 1.14. The maximum Gasteiger partial charge on any atom is 0.302 e. The van der Waals surface area contributed by atoms with Crippen LogP contribution in [0.1, 0.15) is 42.2 Å². The van der Waals surface area contributed by atoms with Crippen molar-refractivity contribution < 1.29 is 4.79 Å². The summed E-state index contributed by atoms with van der Waals surface area (Å²) in [4.78, 5) is 27.4. The molecule has 208 valence electrons. The van der Waals surface area contributed by atoms with Crippen molar-refractivity contribution >= 4 is 57.7 Å². The lowest BCUT2D eigenvalue weighted by Crippen LogP contribution is -2.41. The van der Waals surface area contributed by atoms with Gasteiger partial charge in [-0.05, 0) is 85.5 Å². The highest BCUT2D eigenvalue weighted by Gasteiger charge is 2.20. The number of nitrogens with zero attached hydrogens (tertiary/aromatic N) is 4. The van der Waals surface area contributed by atoms with E-state index in [-0.39, 0.29) is 22.6 Å². The highest BCUT2D eigenvalue weighted by molar-refractivity contribution is 14.1. The zero-order valence-corrected chi connectivity index (χ0v) is 25.1. The number of anilines is 2. The Bertz CT molecular complexity index is 1220. The van der Waals surface area contributed by atoms with Crippen LogP contribution in [0.2, 0.25) is 5.15 Å². The number of nitrogens with two attached hydrogens (primary N) is 2. The molecular weight excluding hydrogens is 627 g/mol. The van der Waals surface area contributed by atoms with Crippen molar-refractivity contribution in [2.45, 2.75) is 32.7 Å². The first-order valence-corrected chi connectivity index (χ1v) is 14.3. The van der Waals surface area contributed by atoms with Crippen LogP contribution in [0.4, 0.5) is 11.6 Å². The van der Waals surface area contributed by atoms with Crippen molar-refractivity contribution in [2.24, 2.45) is 16.6 Å². The molecule has 1 aromatic heterocycles. The van der Waals surface area contributed by atoms with E-state index in [2.05, 4.69) is 72.7 Å². The van der Waals surface area contributed by atoms with Crippen LogP contribution in [0.25, 0.3) is 0 Å². The average molecular weight is 663 g/mol. The quantitative estimate of drug-likeness (QED) is 0.117. The predicted molar refractivity (Wildman–Crippen MR) is 169 cm³/mol. The monoisotopic (exact) mass is 662 g/mol. The molecule has 6 N–H and O–H groups in total. The van der Waals surface area contributed by atoms with Crippen molar-refractivity contribution in [1.29, 1.82) is 0 Å². The van der Waals surface area contributed by atoms with E-state index in [0.29, 0.717) is 24.8 Å². The van der Waals surface area contributed by atoms with Gasteiger partial charge in [-0.2, -0.15) is 4.99 Å². The maximum atomic E-state index is 12.7. The molecule has 39 heavy (non-hydrogen) atoms. The summed E-state index contributed by atoms with van der Waals surface area (Å²) in [7, 11) is 0. The number of amides is 1. The van der Waals surface area contributed by atoms with Crippen LogP contribution in [0.5, 0.6) is 0 Å². The predicted octanol–water partition coefficient (Wildman–Crippen LogP) is 4.76. The molecule has 9 nitrogen and oxygen atoms in total. The number of guanidine groups is 1. The minimum absolute atomic E-state index is 0.0222. The van der Waals surface area contributed by atoms with Crippen molar-refractivity contribution in [3.8, 4) is 0 Å². The number of hydrogen-bond donors (Lipinski definition) is 4. The molecule has 0 saturated carbocycles. The number of nitrogens with one attached hydrogen (secondary N) is 2. The molecule has 0 aliphatic carbocycles. The van der Waals surface area contributed by atoms with Gasteiger partial charge in [0, 0.05) is 23.2 Å². The molecule has 1 fully saturated rings. The highest BCUT2D eigenvalue weighted by Crippen LogP contribution is 2.22. The van der Waals surface area contributed by atoms with Gasteiger partial charge >= 0.3 is 5.91 Å². The number of likely N-dealkylation sites (tertiary alicyclic amines) is 1. The molecule has 1 amide bonds. The summed E-state index contributed by atoms with van der Waals surface area (Å²) in [5.41, 5.74) is 14.2. The molecule has 3 rings (SSSR count). The first-order chi connectivity index (χ1) is 18.7. The summed E-state index contributed by atoms with van der Waals surface area (Å²) in [6, 6.07) is 8.00. The van der Waals surface area contributed by atoms with E-state index in [1.54, 1.807) is 6.08 Å². The lowest BCUT2D eigenvalue weighted by atomic mass is 9.96. The third kappa shape index (κ3) is 10.3. The van der Waals surface area contributed by atoms with E-state index in [1.807, 2.05) is 36.4 Å². The third-order valence-electron chi connectivity index (χ3n) is 6.41. The van der Waals surface area contributed by atoms with Gasteiger partial charge < -0.3 is 27.0 Å².